The standard InChI is InChI=1S/C22H24N6O3/c1-14-19(21(30)25-16-7-4-10-23-13-16)20(15-6-3-8-17(12-15)31-2)28-22(24-14)26-18(27-28)9-5-11-29/h3-4,6-8,10,12-13,20,29H,5,9,11H2,1-2H3,(H,25,30)(H,24,26,27)/t20-/m1/s1. The third-order valence-electron chi connectivity index (χ3n) is 5.03. The Morgan fingerprint density at radius 1 is 1.32 bits per heavy atom. The van der Waals surface area contributed by atoms with Crippen molar-refractivity contribution >= 4 is 17.5 Å². The van der Waals surface area contributed by atoms with Gasteiger partial charge in [-0.25, -0.2) is 4.68 Å². The molecular formula is C22H24N6O3. The predicted molar refractivity (Wildman–Crippen MR) is 116 cm³/mol. The fourth-order valence-corrected chi connectivity index (χ4v) is 3.59. The molecule has 1 aliphatic rings. The Morgan fingerprint density at radius 3 is 2.94 bits per heavy atom. The van der Waals surface area contributed by atoms with Crippen LogP contribution in [0.3, 0.4) is 0 Å². The highest BCUT2D eigenvalue weighted by atomic mass is 16.5. The average Bonchev–Trinajstić information content (AvgIpc) is 3.19. The van der Waals surface area contributed by atoms with Crippen molar-refractivity contribution in [1.29, 1.82) is 0 Å². The van der Waals surface area contributed by atoms with Gasteiger partial charge in [-0.1, -0.05) is 12.1 Å². The summed E-state index contributed by atoms with van der Waals surface area (Å²) in [7, 11) is 1.60. The third-order valence-corrected chi connectivity index (χ3v) is 5.03. The largest absolute Gasteiger partial charge is 0.497 e. The topological polar surface area (TPSA) is 114 Å². The van der Waals surface area contributed by atoms with E-state index in [9.17, 15) is 4.79 Å². The van der Waals surface area contributed by atoms with Crippen LogP contribution >= 0.6 is 0 Å². The maximum absolute atomic E-state index is 13.3. The molecule has 0 radical (unpaired) electrons. The van der Waals surface area contributed by atoms with Gasteiger partial charge in [0.05, 0.1) is 24.6 Å². The first-order chi connectivity index (χ1) is 15.1. The zero-order chi connectivity index (χ0) is 21.8. The number of ether oxygens (including phenoxy) is 1. The number of carbonyl (C=O) groups is 1. The van der Waals surface area contributed by atoms with E-state index in [1.807, 2.05) is 31.2 Å². The molecule has 0 unspecified atom stereocenters. The van der Waals surface area contributed by atoms with Crippen molar-refractivity contribution in [3.8, 4) is 5.75 Å². The number of nitrogens with one attached hydrogen (secondary N) is 2. The van der Waals surface area contributed by atoms with E-state index in [0.29, 0.717) is 47.3 Å². The number of aromatic nitrogens is 4. The lowest BCUT2D eigenvalue weighted by atomic mass is 9.95. The molecule has 1 atom stereocenters. The molecule has 3 aromatic rings. The number of allylic oxidation sites excluding steroid dienone is 1. The van der Waals surface area contributed by atoms with E-state index >= 15 is 0 Å². The van der Waals surface area contributed by atoms with E-state index in [4.69, 9.17) is 9.84 Å². The minimum absolute atomic E-state index is 0.0622. The second kappa shape index (κ2) is 8.97. The normalized spacial score (nSPS) is 15.3. The maximum Gasteiger partial charge on any atom is 0.255 e. The van der Waals surface area contributed by atoms with E-state index in [-0.39, 0.29) is 12.5 Å². The number of aryl methyl sites for hydroxylation is 1. The van der Waals surface area contributed by atoms with Gasteiger partial charge in [-0.2, -0.15) is 10.1 Å². The van der Waals surface area contributed by atoms with Crippen LogP contribution < -0.4 is 15.4 Å². The van der Waals surface area contributed by atoms with Crippen molar-refractivity contribution < 1.29 is 14.6 Å². The van der Waals surface area contributed by atoms with Gasteiger partial charge in [-0.3, -0.25) is 9.78 Å². The molecule has 1 aliphatic heterocycles. The summed E-state index contributed by atoms with van der Waals surface area (Å²) in [5.41, 5.74) is 2.65. The number of rotatable bonds is 7. The van der Waals surface area contributed by atoms with Gasteiger partial charge in [-0.15, -0.1) is 0 Å². The smallest absolute Gasteiger partial charge is 0.255 e. The zero-order valence-electron chi connectivity index (χ0n) is 17.4. The quantitative estimate of drug-likeness (QED) is 0.538. The Labute approximate surface area is 179 Å². The van der Waals surface area contributed by atoms with Gasteiger partial charge in [0.1, 0.15) is 11.8 Å². The summed E-state index contributed by atoms with van der Waals surface area (Å²) >= 11 is 0. The van der Waals surface area contributed by atoms with Gasteiger partial charge in [0.2, 0.25) is 5.95 Å². The van der Waals surface area contributed by atoms with Crippen LogP contribution in [0.1, 0.15) is 30.8 Å². The van der Waals surface area contributed by atoms with Gasteiger partial charge in [0.25, 0.3) is 5.91 Å². The minimum atomic E-state index is -0.501. The molecule has 0 saturated heterocycles. The number of aliphatic hydroxyl groups is 1. The van der Waals surface area contributed by atoms with Crippen LogP contribution in [0.5, 0.6) is 5.75 Å². The number of amides is 1. The molecule has 160 valence electrons. The molecule has 9 heteroatoms. The third kappa shape index (κ3) is 4.26. The van der Waals surface area contributed by atoms with Crippen LogP contribution in [-0.2, 0) is 11.2 Å². The number of pyridine rings is 1. The minimum Gasteiger partial charge on any atom is -0.497 e. The van der Waals surface area contributed by atoms with Crippen LogP contribution in [0.15, 0.2) is 60.1 Å². The number of benzene rings is 1. The molecule has 2 aromatic heterocycles. The summed E-state index contributed by atoms with van der Waals surface area (Å²) in [6.07, 6.45) is 4.35. The number of anilines is 2. The second-order valence-corrected chi connectivity index (χ2v) is 7.16. The lowest BCUT2D eigenvalue weighted by molar-refractivity contribution is -0.113. The van der Waals surface area contributed by atoms with Crippen molar-refractivity contribution in [3.63, 3.8) is 0 Å². The highest BCUT2D eigenvalue weighted by Crippen LogP contribution is 2.36. The molecule has 9 nitrogen and oxygen atoms in total. The highest BCUT2D eigenvalue weighted by molar-refractivity contribution is 6.05. The van der Waals surface area contributed by atoms with E-state index in [0.717, 1.165) is 5.56 Å². The molecule has 0 bridgehead atoms. The molecular weight excluding hydrogens is 396 g/mol. The van der Waals surface area contributed by atoms with Crippen molar-refractivity contribution in [1.82, 2.24) is 19.7 Å². The molecule has 31 heavy (non-hydrogen) atoms. The van der Waals surface area contributed by atoms with E-state index < -0.39 is 6.04 Å². The summed E-state index contributed by atoms with van der Waals surface area (Å²) < 4.78 is 7.11. The summed E-state index contributed by atoms with van der Waals surface area (Å²) in [6, 6.07) is 10.6. The first-order valence-electron chi connectivity index (χ1n) is 10.00. The van der Waals surface area contributed by atoms with E-state index in [2.05, 4.69) is 25.7 Å². The Hall–Kier alpha value is -3.72. The summed E-state index contributed by atoms with van der Waals surface area (Å²) in [4.78, 5) is 22.0. The predicted octanol–water partition coefficient (Wildman–Crippen LogP) is 2.53. The van der Waals surface area contributed by atoms with E-state index in [1.54, 1.807) is 36.3 Å². The lowest BCUT2D eigenvalue weighted by Crippen LogP contribution is -2.31. The maximum atomic E-state index is 13.3. The second-order valence-electron chi connectivity index (χ2n) is 7.16. The number of hydrogen-bond acceptors (Lipinski definition) is 7. The Morgan fingerprint density at radius 2 is 2.19 bits per heavy atom. The van der Waals surface area contributed by atoms with Crippen LogP contribution in [0, 0.1) is 0 Å². The fraction of sp³-hybridized carbons (Fsp3) is 0.273. The number of aliphatic hydroxyl groups excluding tert-OH is 1. The average molecular weight is 420 g/mol. The Kier molecular flexibility index (Phi) is 5.94. The summed E-state index contributed by atoms with van der Waals surface area (Å²) in [6.45, 7) is 1.91. The zero-order valence-corrected chi connectivity index (χ0v) is 17.4. The number of nitrogens with zero attached hydrogens (tertiary/aromatic N) is 4. The monoisotopic (exact) mass is 420 g/mol. The van der Waals surface area contributed by atoms with Crippen LogP contribution in [0.4, 0.5) is 11.6 Å². The lowest BCUT2D eigenvalue weighted by Gasteiger charge is -2.28. The first kappa shape index (κ1) is 20.5. The first-order valence-corrected chi connectivity index (χ1v) is 10.00. The van der Waals surface area contributed by atoms with Gasteiger partial charge in [0.15, 0.2) is 5.82 Å². The van der Waals surface area contributed by atoms with Crippen LogP contribution in [-0.4, -0.2) is 44.5 Å². The molecule has 3 N–H and O–H groups in total. The number of fused-ring (bicyclic) bond motifs is 1. The van der Waals surface area contributed by atoms with Gasteiger partial charge >= 0.3 is 0 Å². The number of carbonyl (C=O) groups excluding carboxylic acids is 1. The molecule has 1 amide bonds. The summed E-state index contributed by atoms with van der Waals surface area (Å²) in [5.74, 6) is 1.58. The van der Waals surface area contributed by atoms with Crippen molar-refractivity contribution in [2.45, 2.75) is 25.8 Å². The van der Waals surface area contributed by atoms with Gasteiger partial charge in [-0.05, 0) is 43.2 Å². The van der Waals surface area contributed by atoms with Crippen molar-refractivity contribution in [2.24, 2.45) is 0 Å². The molecule has 0 spiro atoms. The van der Waals surface area contributed by atoms with Crippen molar-refractivity contribution in [2.75, 3.05) is 24.4 Å². The molecule has 0 fully saturated rings. The molecule has 0 aliphatic carbocycles. The molecule has 4 rings (SSSR count). The molecule has 3 heterocycles. The highest BCUT2D eigenvalue weighted by Gasteiger charge is 2.34. The van der Waals surface area contributed by atoms with Crippen molar-refractivity contribution in [3.05, 3.63) is 71.4 Å². The van der Waals surface area contributed by atoms with Gasteiger partial charge < -0.3 is 20.5 Å². The van der Waals surface area contributed by atoms with Gasteiger partial charge in [0, 0.05) is 24.9 Å². The fourth-order valence-electron chi connectivity index (χ4n) is 3.59. The Balaban J connectivity index is 1.77. The Bertz CT molecular complexity index is 1110. The number of methoxy groups -OCH3 is 1. The van der Waals surface area contributed by atoms with Crippen LogP contribution in [0.25, 0.3) is 0 Å². The SMILES string of the molecule is COc1cccc([C@@H]2C(C(=O)Nc3cccnc3)=C(C)Nc3nc(CCCO)nn32)c1. The van der Waals surface area contributed by atoms with Crippen LogP contribution in [0.2, 0.25) is 0 Å². The van der Waals surface area contributed by atoms with E-state index in [1.165, 1.54) is 0 Å². The summed E-state index contributed by atoms with van der Waals surface area (Å²) in [5, 5.41) is 19.9. The molecule has 1 aromatic carbocycles. The molecule has 0 saturated carbocycles. The number of hydrogen-bond donors (Lipinski definition) is 3.